The van der Waals surface area contributed by atoms with Gasteiger partial charge in [0.15, 0.2) is 0 Å². The van der Waals surface area contributed by atoms with Crippen LogP contribution in [0.4, 0.5) is 0 Å². The van der Waals surface area contributed by atoms with Gasteiger partial charge in [0.25, 0.3) is 0 Å². The summed E-state index contributed by atoms with van der Waals surface area (Å²) in [6.45, 7) is 9.01. The van der Waals surface area contributed by atoms with Gasteiger partial charge in [-0.25, -0.2) is 5.43 Å². The molecule has 15 heavy (non-hydrogen) atoms. The third-order valence-electron chi connectivity index (χ3n) is 2.14. The van der Waals surface area contributed by atoms with Crippen molar-refractivity contribution >= 4 is 17.2 Å². The fourth-order valence-corrected chi connectivity index (χ4v) is 1.61. The van der Waals surface area contributed by atoms with E-state index in [1.165, 1.54) is 0 Å². The molecule has 6 heteroatoms. The van der Waals surface area contributed by atoms with Crippen molar-refractivity contribution in [3.05, 3.63) is 11.9 Å². The maximum absolute atomic E-state index is 5.15. The zero-order chi connectivity index (χ0) is 11.3. The molecule has 0 aromatic carbocycles. The maximum atomic E-state index is 5.15. The lowest BCUT2D eigenvalue weighted by Crippen LogP contribution is -2.61. The molecule has 1 aliphatic heterocycles. The van der Waals surface area contributed by atoms with Gasteiger partial charge in [-0.2, -0.15) is 0 Å². The highest BCUT2D eigenvalue weighted by Crippen LogP contribution is 2.03. The summed E-state index contributed by atoms with van der Waals surface area (Å²) in [5.41, 5.74) is 9.29. The molecule has 0 bridgehead atoms. The van der Waals surface area contributed by atoms with Crippen molar-refractivity contribution in [2.24, 2.45) is 0 Å². The van der Waals surface area contributed by atoms with Crippen LogP contribution >= 0.6 is 12.2 Å². The summed E-state index contributed by atoms with van der Waals surface area (Å²) < 4.78 is 0. The van der Waals surface area contributed by atoms with Crippen molar-refractivity contribution in [3.63, 3.8) is 0 Å². The second-order valence-corrected chi connectivity index (χ2v) is 3.58. The molecular formula is C9H19N5S. The zero-order valence-electron chi connectivity index (χ0n) is 9.50. The lowest BCUT2D eigenvalue weighted by Gasteiger charge is -2.35. The molecule has 1 heterocycles. The average molecular weight is 229 g/mol. The van der Waals surface area contributed by atoms with Crippen molar-refractivity contribution in [1.29, 1.82) is 0 Å². The largest absolute Gasteiger partial charge is 0.358 e. The molecule has 0 fully saturated rings. The Balaban J connectivity index is 2.67. The van der Waals surface area contributed by atoms with Crippen LogP contribution < -0.4 is 16.3 Å². The molecule has 5 nitrogen and oxygen atoms in total. The minimum absolute atomic E-state index is 0.705. The van der Waals surface area contributed by atoms with Crippen LogP contribution in [0, 0.1) is 0 Å². The van der Waals surface area contributed by atoms with Gasteiger partial charge in [0.05, 0.1) is 0 Å². The van der Waals surface area contributed by atoms with Gasteiger partial charge in [0.1, 0.15) is 10.8 Å². The van der Waals surface area contributed by atoms with Crippen molar-refractivity contribution < 1.29 is 0 Å². The highest BCUT2D eigenvalue weighted by Gasteiger charge is 2.16. The molecule has 0 aromatic rings. The second kappa shape index (κ2) is 5.89. The van der Waals surface area contributed by atoms with E-state index in [-0.39, 0.29) is 0 Å². The lowest BCUT2D eigenvalue weighted by molar-refractivity contribution is 0.0769. The number of nitrogens with zero attached hydrogens (tertiary/aromatic N) is 2. The number of thiocarbonyl (C=S) groups is 1. The fraction of sp³-hybridized carbons (Fsp3) is 0.667. The number of rotatable bonds is 5. The molecule has 3 N–H and O–H groups in total. The van der Waals surface area contributed by atoms with E-state index in [1.54, 1.807) is 5.23 Å². The van der Waals surface area contributed by atoms with E-state index in [2.05, 4.69) is 35.0 Å². The minimum atomic E-state index is 0.705. The van der Waals surface area contributed by atoms with Gasteiger partial charge >= 0.3 is 0 Å². The molecule has 0 atom stereocenters. The highest BCUT2D eigenvalue weighted by atomic mass is 32.1. The summed E-state index contributed by atoms with van der Waals surface area (Å²) in [4.78, 5) is 2.91. The van der Waals surface area contributed by atoms with Gasteiger partial charge in [-0.15, -0.1) is 0 Å². The molecule has 0 aromatic heterocycles. The monoisotopic (exact) mass is 229 g/mol. The van der Waals surface area contributed by atoms with Crippen LogP contribution in [0.5, 0.6) is 0 Å². The van der Waals surface area contributed by atoms with Crippen molar-refractivity contribution in [2.45, 2.75) is 20.8 Å². The third-order valence-corrected chi connectivity index (χ3v) is 2.35. The van der Waals surface area contributed by atoms with E-state index in [9.17, 15) is 0 Å². The predicted octanol–water partition coefficient (Wildman–Crippen LogP) is 0.346. The van der Waals surface area contributed by atoms with Crippen LogP contribution in [-0.4, -0.2) is 34.7 Å². The Morgan fingerprint density at radius 2 is 2.00 bits per heavy atom. The quantitative estimate of drug-likeness (QED) is 0.591. The second-order valence-electron chi connectivity index (χ2n) is 3.14. The summed E-state index contributed by atoms with van der Waals surface area (Å²) in [6.07, 6.45) is 1.93. The summed E-state index contributed by atoms with van der Waals surface area (Å²) in [5, 5.41) is 1.69. The lowest BCUT2D eigenvalue weighted by atomic mass is 10.4. The van der Waals surface area contributed by atoms with Crippen LogP contribution in [0.15, 0.2) is 11.9 Å². The van der Waals surface area contributed by atoms with Gasteiger partial charge in [0, 0.05) is 25.7 Å². The van der Waals surface area contributed by atoms with Gasteiger partial charge < -0.3 is 4.90 Å². The van der Waals surface area contributed by atoms with E-state index in [0.717, 1.165) is 25.5 Å². The fourth-order valence-electron chi connectivity index (χ4n) is 1.40. The smallest absolute Gasteiger partial charge is 0.121 e. The summed E-state index contributed by atoms with van der Waals surface area (Å²) in [6, 6.07) is 0. The SMILES string of the molecule is CCNN1NC(=S)C=C(N(CC)CC)N1. The molecule has 1 rings (SSSR count). The number of nitrogens with one attached hydrogen (secondary N) is 3. The molecule has 0 amide bonds. The Bertz CT molecular complexity index is 249. The molecule has 0 spiro atoms. The van der Waals surface area contributed by atoms with Crippen LogP contribution in [0.3, 0.4) is 0 Å². The topological polar surface area (TPSA) is 42.6 Å². The molecule has 0 radical (unpaired) electrons. The van der Waals surface area contributed by atoms with Crippen LogP contribution in [0.2, 0.25) is 0 Å². The highest BCUT2D eigenvalue weighted by molar-refractivity contribution is 7.80. The van der Waals surface area contributed by atoms with Gasteiger partial charge in [0.2, 0.25) is 0 Å². The molecule has 0 unspecified atom stereocenters. The van der Waals surface area contributed by atoms with E-state index < -0.39 is 0 Å². The summed E-state index contributed by atoms with van der Waals surface area (Å²) >= 11 is 5.15. The number of hydrogen-bond donors (Lipinski definition) is 3. The number of hydrazine groups is 3. The molecule has 0 aliphatic carbocycles. The van der Waals surface area contributed by atoms with Crippen molar-refractivity contribution in [1.82, 2.24) is 26.4 Å². The maximum Gasteiger partial charge on any atom is 0.121 e. The first-order valence-corrected chi connectivity index (χ1v) is 5.69. The van der Waals surface area contributed by atoms with Gasteiger partial charge in [-0.05, 0) is 13.8 Å². The van der Waals surface area contributed by atoms with E-state index in [0.29, 0.717) is 4.99 Å². The Morgan fingerprint density at radius 3 is 2.53 bits per heavy atom. The Morgan fingerprint density at radius 1 is 1.33 bits per heavy atom. The van der Waals surface area contributed by atoms with Gasteiger partial charge in [-0.1, -0.05) is 24.4 Å². The first kappa shape index (κ1) is 12.2. The first-order valence-electron chi connectivity index (χ1n) is 5.28. The van der Waals surface area contributed by atoms with Crippen LogP contribution in [-0.2, 0) is 0 Å². The van der Waals surface area contributed by atoms with E-state index >= 15 is 0 Å². The molecule has 0 saturated heterocycles. The minimum Gasteiger partial charge on any atom is -0.358 e. The normalized spacial score (nSPS) is 16.7. The Kier molecular flexibility index (Phi) is 4.80. The first-order chi connectivity index (χ1) is 7.21. The zero-order valence-corrected chi connectivity index (χ0v) is 10.3. The molecule has 86 valence electrons. The van der Waals surface area contributed by atoms with Crippen molar-refractivity contribution in [2.75, 3.05) is 19.6 Å². The summed E-state index contributed by atoms with van der Waals surface area (Å²) in [5.74, 6) is 1.02. The van der Waals surface area contributed by atoms with Crippen LogP contribution in [0.25, 0.3) is 0 Å². The Labute approximate surface area is 96.4 Å². The van der Waals surface area contributed by atoms with E-state index in [4.69, 9.17) is 12.2 Å². The predicted molar refractivity (Wildman–Crippen MR) is 65.4 cm³/mol. The van der Waals surface area contributed by atoms with E-state index in [1.807, 2.05) is 13.0 Å². The molecular weight excluding hydrogens is 210 g/mol. The van der Waals surface area contributed by atoms with Gasteiger partial charge in [-0.3, -0.25) is 10.9 Å². The van der Waals surface area contributed by atoms with Crippen LogP contribution in [0.1, 0.15) is 20.8 Å². The van der Waals surface area contributed by atoms with Crippen molar-refractivity contribution in [3.8, 4) is 0 Å². The molecule has 1 aliphatic rings. The summed E-state index contributed by atoms with van der Waals surface area (Å²) in [7, 11) is 0. The standard InChI is InChI=1S/C9H19N5S/c1-4-10-14-11-8(7-9(15)12-14)13(5-2)6-3/h7,10-11H,4-6H2,1-3H3,(H,12,15). The third kappa shape index (κ3) is 3.33. The molecule has 0 saturated carbocycles. The average Bonchev–Trinajstić information content (AvgIpc) is 2.19. The Hall–Kier alpha value is -0.850. The number of hydrogen-bond acceptors (Lipinski definition) is 5.